The lowest BCUT2D eigenvalue weighted by molar-refractivity contribution is -0.116. The highest BCUT2D eigenvalue weighted by molar-refractivity contribution is 6.36. The molecule has 1 aromatic carbocycles. The molecule has 0 radical (unpaired) electrons. The second-order valence-corrected chi connectivity index (χ2v) is 6.28. The van der Waals surface area contributed by atoms with E-state index in [-0.39, 0.29) is 12.5 Å². The summed E-state index contributed by atoms with van der Waals surface area (Å²) in [5.74, 6) is -0.231. The molecule has 1 amide bonds. The topological polar surface area (TPSA) is 64.7 Å². The Bertz CT molecular complexity index is 853. The maximum absolute atomic E-state index is 12.0. The molecule has 0 aliphatic rings. The van der Waals surface area contributed by atoms with E-state index in [1.807, 2.05) is 0 Å². The number of halogens is 3. The van der Waals surface area contributed by atoms with E-state index < -0.39 is 0 Å². The highest BCUT2D eigenvalue weighted by atomic mass is 35.5. The molecule has 0 spiro atoms. The van der Waals surface area contributed by atoms with Crippen LogP contribution in [0.15, 0.2) is 43.0 Å². The van der Waals surface area contributed by atoms with Crippen molar-refractivity contribution < 1.29 is 4.79 Å². The maximum Gasteiger partial charge on any atom is 0.246 e. The lowest BCUT2D eigenvalue weighted by Crippen LogP contribution is -2.18. The van der Waals surface area contributed by atoms with Crippen molar-refractivity contribution in [3.63, 3.8) is 0 Å². The van der Waals surface area contributed by atoms with Crippen molar-refractivity contribution in [1.82, 2.24) is 19.6 Å². The summed E-state index contributed by atoms with van der Waals surface area (Å²) in [5.41, 5.74) is 1.34. The van der Waals surface area contributed by atoms with Crippen LogP contribution in [0.5, 0.6) is 0 Å². The van der Waals surface area contributed by atoms with E-state index in [1.54, 1.807) is 41.5 Å². The molecule has 0 saturated heterocycles. The maximum atomic E-state index is 12.0. The van der Waals surface area contributed by atoms with Crippen molar-refractivity contribution in [2.45, 2.75) is 13.1 Å². The summed E-state index contributed by atoms with van der Waals surface area (Å²) in [5, 5.41) is 12.5. The van der Waals surface area contributed by atoms with Crippen LogP contribution < -0.4 is 5.32 Å². The van der Waals surface area contributed by atoms with E-state index in [1.165, 1.54) is 10.9 Å². The number of nitrogens with one attached hydrogen (secondary N) is 1. The monoisotopic (exact) mass is 383 g/mol. The zero-order valence-electron chi connectivity index (χ0n) is 12.3. The first-order chi connectivity index (χ1) is 11.5. The van der Waals surface area contributed by atoms with Gasteiger partial charge < -0.3 is 5.32 Å². The first-order valence-corrected chi connectivity index (χ1v) is 8.08. The molecular weight excluding hydrogens is 373 g/mol. The summed E-state index contributed by atoms with van der Waals surface area (Å²) in [6, 6.07) is 5.32. The second kappa shape index (κ2) is 7.25. The summed E-state index contributed by atoms with van der Waals surface area (Å²) in [4.78, 5) is 12.0. The Morgan fingerprint density at radius 1 is 1.04 bits per heavy atom. The highest BCUT2D eigenvalue weighted by Crippen LogP contribution is 2.25. The lowest BCUT2D eigenvalue weighted by Gasteiger charge is -2.06. The zero-order chi connectivity index (χ0) is 17.1. The number of carbonyl (C=O) groups excluding carboxylic acids is 1. The molecule has 2 aromatic heterocycles. The largest absolute Gasteiger partial charge is 0.322 e. The van der Waals surface area contributed by atoms with Crippen LogP contribution in [0, 0.1) is 0 Å². The van der Waals surface area contributed by atoms with Gasteiger partial charge in [-0.25, -0.2) is 0 Å². The Kier molecular flexibility index (Phi) is 5.08. The van der Waals surface area contributed by atoms with Crippen LogP contribution in [0.4, 0.5) is 5.69 Å². The van der Waals surface area contributed by atoms with Crippen LogP contribution in [0.25, 0.3) is 0 Å². The van der Waals surface area contributed by atoms with Gasteiger partial charge in [-0.15, -0.1) is 0 Å². The van der Waals surface area contributed by atoms with Crippen molar-refractivity contribution in [1.29, 1.82) is 0 Å². The quantitative estimate of drug-likeness (QED) is 0.729. The van der Waals surface area contributed by atoms with Crippen molar-refractivity contribution >= 4 is 46.4 Å². The molecule has 0 unspecified atom stereocenters. The van der Waals surface area contributed by atoms with Crippen LogP contribution in [0.2, 0.25) is 15.1 Å². The molecular formula is C15H12Cl3N5O. The molecule has 0 saturated carbocycles. The number of nitrogens with zero attached hydrogens (tertiary/aromatic N) is 4. The second-order valence-electron chi connectivity index (χ2n) is 5.03. The van der Waals surface area contributed by atoms with Crippen molar-refractivity contribution in [3.05, 3.63) is 63.6 Å². The molecule has 0 fully saturated rings. The van der Waals surface area contributed by atoms with Crippen LogP contribution >= 0.6 is 34.8 Å². The van der Waals surface area contributed by atoms with Gasteiger partial charge in [0.05, 0.1) is 29.6 Å². The molecule has 0 aliphatic carbocycles. The average molecular weight is 385 g/mol. The molecule has 0 atom stereocenters. The molecule has 3 rings (SSSR count). The number of carbonyl (C=O) groups is 1. The fourth-order valence-corrected chi connectivity index (χ4v) is 2.81. The molecule has 124 valence electrons. The Balaban J connectivity index is 1.64. The van der Waals surface area contributed by atoms with E-state index in [0.717, 1.165) is 5.56 Å². The molecule has 9 heteroatoms. The summed E-state index contributed by atoms with van der Waals surface area (Å²) in [7, 11) is 0. The molecule has 0 aliphatic heterocycles. The molecule has 6 nitrogen and oxygen atoms in total. The number of amides is 1. The Morgan fingerprint density at radius 2 is 1.75 bits per heavy atom. The van der Waals surface area contributed by atoms with Gasteiger partial charge in [0.1, 0.15) is 6.54 Å². The predicted molar refractivity (Wildman–Crippen MR) is 93.7 cm³/mol. The summed E-state index contributed by atoms with van der Waals surface area (Å²) in [6.07, 6.45) is 6.30. The summed E-state index contributed by atoms with van der Waals surface area (Å²) >= 11 is 18.1. The average Bonchev–Trinajstić information content (AvgIpc) is 3.12. The number of benzene rings is 1. The van der Waals surface area contributed by atoms with E-state index in [0.29, 0.717) is 27.3 Å². The van der Waals surface area contributed by atoms with Gasteiger partial charge in [0.25, 0.3) is 0 Å². The van der Waals surface area contributed by atoms with Crippen LogP contribution in [-0.2, 0) is 17.9 Å². The minimum absolute atomic E-state index is 0.0637. The number of hydrogen-bond donors (Lipinski definition) is 1. The fourth-order valence-electron chi connectivity index (χ4n) is 2.13. The van der Waals surface area contributed by atoms with Crippen LogP contribution in [-0.4, -0.2) is 25.5 Å². The van der Waals surface area contributed by atoms with Gasteiger partial charge >= 0.3 is 0 Å². The number of rotatable bonds is 5. The van der Waals surface area contributed by atoms with Crippen molar-refractivity contribution in [2.75, 3.05) is 5.32 Å². The van der Waals surface area contributed by atoms with Crippen molar-refractivity contribution in [3.8, 4) is 0 Å². The van der Waals surface area contributed by atoms with E-state index >= 15 is 0 Å². The molecule has 24 heavy (non-hydrogen) atoms. The number of aromatic nitrogens is 4. The molecule has 3 aromatic rings. The summed E-state index contributed by atoms with van der Waals surface area (Å²) in [6.45, 7) is 0.470. The zero-order valence-corrected chi connectivity index (χ0v) is 14.6. The third-order valence-corrected chi connectivity index (χ3v) is 4.11. The van der Waals surface area contributed by atoms with E-state index in [4.69, 9.17) is 34.8 Å². The minimum atomic E-state index is -0.231. The van der Waals surface area contributed by atoms with Gasteiger partial charge in [-0.3, -0.25) is 14.2 Å². The lowest BCUT2D eigenvalue weighted by atomic mass is 10.2. The Labute approximate surface area is 152 Å². The smallest absolute Gasteiger partial charge is 0.246 e. The normalized spacial score (nSPS) is 10.8. The Hall–Kier alpha value is -2.02. The van der Waals surface area contributed by atoms with Gasteiger partial charge in [0.2, 0.25) is 5.91 Å². The molecule has 2 heterocycles. The standard InChI is InChI=1S/C15H12Cl3N5O/c16-10-4-19-22(6-10)9-15(24)21-11-5-20-23(7-11)8-12-13(17)2-1-3-14(12)18/h1-7H,8-9H2,(H,21,24). The first-order valence-electron chi connectivity index (χ1n) is 6.94. The fraction of sp³-hybridized carbons (Fsp3) is 0.133. The molecule has 0 bridgehead atoms. The predicted octanol–water partition coefficient (Wildman–Crippen LogP) is 3.73. The number of anilines is 1. The van der Waals surface area contributed by atoms with Gasteiger partial charge in [0, 0.05) is 28.0 Å². The van der Waals surface area contributed by atoms with Crippen LogP contribution in [0.3, 0.4) is 0 Å². The van der Waals surface area contributed by atoms with Gasteiger partial charge in [-0.05, 0) is 12.1 Å². The highest BCUT2D eigenvalue weighted by Gasteiger charge is 2.09. The van der Waals surface area contributed by atoms with Gasteiger partial charge in [-0.2, -0.15) is 10.2 Å². The third kappa shape index (κ3) is 4.08. The SMILES string of the molecule is O=C(Cn1cc(Cl)cn1)Nc1cnn(Cc2c(Cl)cccc2Cl)c1. The summed E-state index contributed by atoms with van der Waals surface area (Å²) < 4.78 is 3.10. The van der Waals surface area contributed by atoms with E-state index in [9.17, 15) is 4.79 Å². The minimum Gasteiger partial charge on any atom is -0.322 e. The van der Waals surface area contributed by atoms with E-state index in [2.05, 4.69) is 15.5 Å². The number of hydrogen-bond acceptors (Lipinski definition) is 3. The first kappa shape index (κ1) is 16.8. The van der Waals surface area contributed by atoms with Gasteiger partial charge in [-0.1, -0.05) is 40.9 Å². The van der Waals surface area contributed by atoms with Crippen molar-refractivity contribution in [2.24, 2.45) is 0 Å². The third-order valence-electron chi connectivity index (χ3n) is 3.21. The molecule has 1 N–H and O–H groups in total. The Morgan fingerprint density at radius 3 is 2.42 bits per heavy atom. The van der Waals surface area contributed by atoms with Crippen LogP contribution in [0.1, 0.15) is 5.56 Å². The van der Waals surface area contributed by atoms with Gasteiger partial charge in [0.15, 0.2) is 0 Å².